The van der Waals surface area contributed by atoms with Gasteiger partial charge in [0.05, 0.1) is 0 Å². The standard InChI is InChI=1S/2C10H10/c2*1-3-9-6-5-7-10(4-2)8-9/h2*3-8H,1-2H2. The van der Waals surface area contributed by atoms with E-state index in [0.717, 1.165) is 22.3 Å². The second-order valence-corrected chi connectivity index (χ2v) is 4.16. The van der Waals surface area contributed by atoms with Gasteiger partial charge in [0.25, 0.3) is 0 Å². The van der Waals surface area contributed by atoms with Crippen molar-refractivity contribution in [2.24, 2.45) is 0 Å². The summed E-state index contributed by atoms with van der Waals surface area (Å²) in [5, 5.41) is 0. The molecule has 2 aromatic rings. The normalized spacial score (nSPS) is 8.80. The third kappa shape index (κ3) is 4.95. The van der Waals surface area contributed by atoms with Crippen LogP contribution >= 0.6 is 0 Å². The molecule has 0 amide bonds. The Hall–Kier alpha value is -2.60. The molecular formula is C20H20. The van der Waals surface area contributed by atoms with Crippen molar-refractivity contribution in [1.29, 1.82) is 0 Å². The second kappa shape index (κ2) is 8.49. The first kappa shape index (κ1) is 15.5. The van der Waals surface area contributed by atoms with E-state index >= 15 is 0 Å². The zero-order valence-corrected chi connectivity index (χ0v) is 11.8. The first-order valence-electron chi connectivity index (χ1n) is 6.43. The molecule has 20 heavy (non-hydrogen) atoms. The van der Waals surface area contributed by atoms with Crippen LogP contribution in [0.3, 0.4) is 0 Å². The highest BCUT2D eigenvalue weighted by Crippen LogP contribution is 2.07. The van der Waals surface area contributed by atoms with E-state index in [-0.39, 0.29) is 0 Å². The molecule has 0 nitrogen and oxygen atoms in total. The lowest BCUT2D eigenvalue weighted by Crippen LogP contribution is -1.72. The minimum absolute atomic E-state index is 1.14. The molecule has 100 valence electrons. The fraction of sp³-hybridized carbons (Fsp3) is 0. The Balaban J connectivity index is 0.000000200. The van der Waals surface area contributed by atoms with Crippen LogP contribution in [0.15, 0.2) is 74.8 Å². The molecule has 0 spiro atoms. The predicted molar refractivity (Wildman–Crippen MR) is 93.2 cm³/mol. The molecule has 0 bridgehead atoms. The Kier molecular flexibility index (Phi) is 6.56. The van der Waals surface area contributed by atoms with Gasteiger partial charge in [0.15, 0.2) is 0 Å². The highest BCUT2D eigenvalue weighted by atomic mass is 13.9. The molecule has 0 heteroatoms. The third-order valence-corrected chi connectivity index (χ3v) is 2.76. The monoisotopic (exact) mass is 260 g/mol. The maximum Gasteiger partial charge on any atom is -0.0257 e. The van der Waals surface area contributed by atoms with Crippen molar-refractivity contribution in [3.8, 4) is 0 Å². The molecule has 2 aromatic carbocycles. The molecule has 0 N–H and O–H groups in total. The van der Waals surface area contributed by atoms with Gasteiger partial charge < -0.3 is 0 Å². The van der Waals surface area contributed by atoms with Crippen molar-refractivity contribution >= 4 is 24.3 Å². The molecule has 0 aliphatic rings. The molecule has 0 aliphatic heterocycles. The van der Waals surface area contributed by atoms with Gasteiger partial charge in [-0.2, -0.15) is 0 Å². The minimum atomic E-state index is 1.14. The lowest BCUT2D eigenvalue weighted by atomic mass is 10.1. The van der Waals surface area contributed by atoms with Crippen LogP contribution < -0.4 is 0 Å². The summed E-state index contributed by atoms with van der Waals surface area (Å²) in [5.41, 5.74) is 4.55. The quantitative estimate of drug-likeness (QED) is 0.637. The van der Waals surface area contributed by atoms with Gasteiger partial charge in [-0.3, -0.25) is 0 Å². The van der Waals surface area contributed by atoms with Crippen LogP contribution in [-0.4, -0.2) is 0 Å². The van der Waals surface area contributed by atoms with E-state index in [2.05, 4.69) is 26.3 Å². The first-order chi connectivity index (χ1) is 9.73. The summed E-state index contributed by atoms with van der Waals surface area (Å²) in [4.78, 5) is 0. The largest absolute Gasteiger partial charge is 0.0985 e. The summed E-state index contributed by atoms with van der Waals surface area (Å²) in [6.45, 7) is 14.7. The Morgan fingerprint density at radius 3 is 0.950 bits per heavy atom. The molecule has 0 fully saturated rings. The molecule has 2 rings (SSSR count). The third-order valence-electron chi connectivity index (χ3n) is 2.76. The van der Waals surface area contributed by atoms with Crippen molar-refractivity contribution in [2.75, 3.05) is 0 Å². The topological polar surface area (TPSA) is 0 Å². The van der Waals surface area contributed by atoms with Gasteiger partial charge in [-0.25, -0.2) is 0 Å². The average Bonchev–Trinajstić information content (AvgIpc) is 2.55. The lowest BCUT2D eigenvalue weighted by Gasteiger charge is -1.93. The van der Waals surface area contributed by atoms with Gasteiger partial charge in [-0.05, 0) is 34.4 Å². The number of hydrogen-bond donors (Lipinski definition) is 0. The molecule has 0 unspecified atom stereocenters. The molecular weight excluding hydrogens is 240 g/mol. The molecule has 0 aromatic heterocycles. The van der Waals surface area contributed by atoms with Crippen molar-refractivity contribution < 1.29 is 0 Å². The Morgan fingerprint density at radius 1 is 0.500 bits per heavy atom. The van der Waals surface area contributed by atoms with E-state index < -0.39 is 0 Å². The Bertz CT molecular complexity index is 501. The molecule has 0 radical (unpaired) electrons. The van der Waals surface area contributed by atoms with Gasteiger partial charge in [0, 0.05) is 0 Å². The van der Waals surface area contributed by atoms with E-state index in [1.807, 2.05) is 72.8 Å². The van der Waals surface area contributed by atoms with Gasteiger partial charge in [-0.1, -0.05) is 87.0 Å². The van der Waals surface area contributed by atoms with E-state index in [4.69, 9.17) is 0 Å². The van der Waals surface area contributed by atoms with E-state index in [1.54, 1.807) is 0 Å². The molecule has 0 aliphatic carbocycles. The lowest BCUT2D eigenvalue weighted by molar-refractivity contribution is 1.63. The van der Waals surface area contributed by atoms with Crippen molar-refractivity contribution in [3.63, 3.8) is 0 Å². The summed E-state index contributed by atoms with van der Waals surface area (Å²) in [6.07, 6.45) is 7.31. The maximum atomic E-state index is 3.67. The zero-order chi connectivity index (χ0) is 14.8. The highest BCUT2D eigenvalue weighted by Gasteiger charge is 1.86. The highest BCUT2D eigenvalue weighted by molar-refractivity contribution is 5.56. The van der Waals surface area contributed by atoms with E-state index in [1.165, 1.54) is 0 Å². The van der Waals surface area contributed by atoms with Gasteiger partial charge >= 0.3 is 0 Å². The maximum absolute atomic E-state index is 3.67. The van der Waals surface area contributed by atoms with Crippen LogP contribution in [0, 0.1) is 0 Å². The minimum Gasteiger partial charge on any atom is -0.0985 e. The summed E-state index contributed by atoms with van der Waals surface area (Å²) in [5.74, 6) is 0. The molecule has 0 saturated carbocycles. The van der Waals surface area contributed by atoms with Crippen LogP contribution in [0.1, 0.15) is 22.3 Å². The van der Waals surface area contributed by atoms with Crippen LogP contribution in [0.4, 0.5) is 0 Å². The fourth-order valence-electron chi connectivity index (χ4n) is 1.63. The number of benzene rings is 2. The predicted octanol–water partition coefficient (Wildman–Crippen LogP) is 5.95. The van der Waals surface area contributed by atoms with E-state index in [9.17, 15) is 0 Å². The van der Waals surface area contributed by atoms with Crippen molar-refractivity contribution in [2.45, 2.75) is 0 Å². The summed E-state index contributed by atoms with van der Waals surface area (Å²) >= 11 is 0. The van der Waals surface area contributed by atoms with Crippen LogP contribution in [0.2, 0.25) is 0 Å². The van der Waals surface area contributed by atoms with Gasteiger partial charge in [0.1, 0.15) is 0 Å². The first-order valence-corrected chi connectivity index (χ1v) is 6.43. The van der Waals surface area contributed by atoms with Crippen LogP contribution in [-0.2, 0) is 0 Å². The van der Waals surface area contributed by atoms with E-state index in [0.29, 0.717) is 0 Å². The average molecular weight is 260 g/mol. The second-order valence-electron chi connectivity index (χ2n) is 4.16. The number of rotatable bonds is 4. The Morgan fingerprint density at radius 2 is 0.750 bits per heavy atom. The smallest absolute Gasteiger partial charge is 0.0257 e. The van der Waals surface area contributed by atoms with Gasteiger partial charge in [0.2, 0.25) is 0 Å². The van der Waals surface area contributed by atoms with Crippen molar-refractivity contribution in [3.05, 3.63) is 97.1 Å². The zero-order valence-electron chi connectivity index (χ0n) is 11.8. The fourth-order valence-corrected chi connectivity index (χ4v) is 1.63. The Labute approximate surface area is 122 Å². The summed E-state index contributed by atoms with van der Waals surface area (Å²) in [6, 6.07) is 16.1. The summed E-state index contributed by atoms with van der Waals surface area (Å²) < 4.78 is 0. The van der Waals surface area contributed by atoms with Gasteiger partial charge in [-0.15, -0.1) is 0 Å². The summed E-state index contributed by atoms with van der Waals surface area (Å²) in [7, 11) is 0. The van der Waals surface area contributed by atoms with Crippen molar-refractivity contribution in [1.82, 2.24) is 0 Å². The SMILES string of the molecule is C=Cc1cccc(C=C)c1.C=Cc1cccc(C=C)c1. The molecule has 0 heterocycles. The molecule has 0 atom stereocenters. The van der Waals surface area contributed by atoms with Crippen LogP contribution in [0.5, 0.6) is 0 Å². The van der Waals surface area contributed by atoms with Crippen LogP contribution in [0.25, 0.3) is 24.3 Å². The number of hydrogen-bond acceptors (Lipinski definition) is 0. The molecule has 0 saturated heterocycles.